The number of benzene rings is 1. The Balaban J connectivity index is 1.22. The molecule has 4 heterocycles. The van der Waals surface area contributed by atoms with Gasteiger partial charge in [0.05, 0.1) is 12.6 Å². The highest BCUT2D eigenvalue weighted by atomic mass is 16.6. The van der Waals surface area contributed by atoms with Crippen LogP contribution in [0.1, 0.15) is 67.8 Å². The Labute approximate surface area is 228 Å². The van der Waals surface area contributed by atoms with Crippen LogP contribution in [-0.4, -0.2) is 89.3 Å². The number of carbonyl (C=O) groups is 5. The summed E-state index contributed by atoms with van der Waals surface area (Å²) in [6.45, 7) is 2.35. The summed E-state index contributed by atoms with van der Waals surface area (Å²) in [5.41, 5.74) is 1.21. The number of ether oxygens (including phenoxy) is 1. The summed E-state index contributed by atoms with van der Waals surface area (Å²) in [6, 6.07) is 4.81. The van der Waals surface area contributed by atoms with Gasteiger partial charge in [-0.05, 0) is 57.4 Å². The molecule has 210 valence electrons. The van der Waals surface area contributed by atoms with Crippen molar-refractivity contribution in [2.45, 2.75) is 94.7 Å². The molecule has 4 fully saturated rings. The van der Waals surface area contributed by atoms with Gasteiger partial charge in [-0.1, -0.05) is 25.0 Å². The Morgan fingerprint density at radius 1 is 1.10 bits per heavy atom. The molecule has 0 radical (unpaired) electrons. The van der Waals surface area contributed by atoms with Crippen molar-refractivity contribution in [3.05, 3.63) is 35.4 Å². The van der Waals surface area contributed by atoms with Crippen molar-refractivity contribution in [1.29, 1.82) is 0 Å². The Morgan fingerprint density at radius 3 is 2.64 bits per heavy atom. The number of likely N-dealkylation sites (N-methyl/N-ethyl adjacent to an activating group) is 1. The Morgan fingerprint density at radius 2 is 1.90 bits per heavy atom. The maximum atomic E-state index is 13.6. The van der Waals surface area contributed by atoms with E-state index in [2.05, 4.69) is 16.0 Å². The van der Waals surface area contributed by atoms with Gasteiger partial charge in [-0.3, -0.25) is 19.2 Å². The largest absolute Gasteiger partial charge is 0.459 e. The van der Waals surface area contributed by atoms with Gasteiger partial charge in [0.15, 0.2) is 0 Å². The number of nitrogens with one attached hydrogen (secondary N) is 3. The molecule has 6 atom stereocenters. The quantitative estimate of drug-likeness (QED) is 0.429. The second-order valence-corrected chi connectivity index (χ2v) is 11.0. The topological polar surface area (TPSA) is 137 Å². The van der Waals surface area contributed by atoms with Crippen LogP contribution >= 0.6 is 0 Å². The first-order chi connectivity index (χ1) is 18.8. The first-order valence-electron chi connectivity index (χ1n) is 13.9. The molecule has 3 N–H and O–H groups in total. The van der Waals surface area contributed by atoms with E-state index >= 15 is 0 Å². The number of carbonyl (C=O) groups excluding carboxylic acids is 5. The van der Waals surface area contributed by atoms with Crippen molar-refractivity contribution in [2.24, 2.45) is 0 Å². The van der Waals surface area contributed by atoms with Crippen LogP contribution in [0.2, 0.25) is 0 Å². The molecule has 4 saturated heterocycles. The third-order valence-corrected chi connectivity index (χ3v) is 8.50. The average molecular weight is 540 g/mol. The van der Waals surface area contributed by atoms with Crippen molar-refractivity contribution < 1.29 is 28.7 Å². The smallest absolute Gasteiger partial charge is 0.329 e. The Kier molecular flexibility index (Phi) is 7.88. The minimum atomic E-state index is -0.648. The molecule has 4 aliphatic heterocycles. The molecule has 5 rings (SSSR count). The molecular weight excluding hydrogens is 502 g/mol. The molecule has 1 aromatic rings. The summed E-state index contributed by atoms with van der Waals surface area (Å²) in [5, 5.41) is 8.73. The molecule has 1 aromatic carbocycles. The summed E-state index contributed by atoms with van der Waals surface area (Å²) in [4.78, 5) is 67.6. The van der Waals surface area contributed by atoms with Gasteiger partial charge in [-0.25, -0.2) is 4.79 Å². The van der Waals surface area contributed by atoms with E-state index in [-0.39, 0.29) is 48.3 Å². The lowest BCUT2D eigenvalue weighted by Crippen LogP contribution is -2.57. The molecule has 39 heavy (non-hydrogen) atoms. The standard InChI is InChI=1S/C28H37N5O6/c1-16(29-2)24(34)31-21-9-4-3-8-19-10-11-22(33(19)27(21)37)25(35)30-14-17-6-5-7-18(12-17)26(36)32-15-20-13-23(32)28(38)39-20/h5-7,12,16,19-23,29H,3-4,8-11,13-15H2,1-2H3,(H,30,35)(H,31,34)/t16-,19-,20?,21-,22-,23?/m0/s1. The van der Waals surface area contributed by atoms with Crippen molar-refractivity contribution in [3.63, 3.8) is 0 Å². The lowest BCUT2D eigenvalue weighted by molar-refractivity contribution is -0.149. The van der Waals surface area contributed by atoms with Crippen molar-refractivity contribution in [3.8, 4) is 0 Å². The van der Waals surface area contributed by atoms with Gasteiger partial charge in [0, 0.05) is 24.6 Å². The Bertz CT molecular complexity index is 1160. The zero-order chi connectivity index (χ0) is 27.7. The summed E-state index contributed by atoms with van der Waals surface area (Å²) in [7, 11) is 1.69. The van der Waals surface area contributed by atoms with E-state index in [1.807, 2.05) is 6.07 Å². The van der Waals surface area contributed by atoms with E-state index in [0.29, 0.717) is 31.4 Å². The third-order valence-electron chi connectivity index (χ3n) is 8.50. The maximum Gasteiger partial charge on any atom is 0.329 e. The van der Waals surface area contributed by atoms with Gasteiger partial charge in [-0.15, -0.1) is 0 Å². The normalized spacial score (nSPS) is 28.8. The van der Waals surface area contributed by atoms with Gasteiger partial charge < -0.3 is 30.5 Å². The molecule has 4 aliphatic rings. The highest BCUT2D eigenvalue weighted by molar-refractivity contribution is 5.98. The fourth-order valence-electron chi connectivity index (χ4n) is 6.21. The zero-order valence-corrected chi connectivity index (χ0v) is 22.5. The third kappa shape index (κ3) is 5.50. The van der Waals surface area contributed by atoms with Crippen LogP contribution in [0.5, 0.6) is 0 Å². The number of morpholine rings is 1. The number of rotatable bonds is 7. The molecule has 11 heteroatoms. The predicted molar refractivity (Wildman–Crippen MR) is 140 cm³/mol. The van der Waals surface area contributed by atoms with Gasteiger partial charge in [0.1, 0.15) is 24.2 Å². The van der Waals surface area contributed by atoms with Crippen molar-refractivity contribution >= 4 is 29.6 Å². The highest BCUT2D eigenvalue weighted by Gasteiger charge is 2.48. The van der Waals surface area contributed by atoms with E-state index in [0.717, 1.165) is 31.2 Å². The van der Waals surface area contributed by atoms with Gasteiger partial charge in [-0.2, -0.15) is 0 Å². The molecule has 0 spiro atoms. The number of likely N-dealkylation sites (tertiary alicyclic amines) is 1. The van der Waals surface area contributed by atoms with Crippen molar-refractivity contribution in [1.82, 2.24) is 25.8 Å². The fourth-order valence-corrected chi connectivity index (χ4v) is 6.21. The van der Waals surface area contributed by atoms with Crippen LogP contribution in [-0.2, 0) is 30.5 Å². The molecule has 0 saturated carbocycles. The zero-order valence-electron chi connectivity index (χ0n) is 22.5. The lowest BCUT2D eigenvalue weighted by Gasteiger charge is -2.35. The second kappa shape index (κ2) is 11.3. The molecule has 0 aliphatic carbocycles. The van der Waals surface area contributed by atoms with Gasteiger partial charge >= 0.3 is 5.97 Å². The molecule has 0 aromatic heterocycles. The SMILES string of the molecule is CN[C@@H](C)C(=O)N[C@H]1CCCC[C@H]2CC[C@@H](C(=O)NCc3cccc(C(=O)N4CC5CC4C(=O)O5)c3)N2C1=O. The fraction of sp³-hybridized carbons (Fsp3) is 0.607. The Hall–Kier alpha value is -3.47. The monoisotopic (exact) mass is 539 g/mol. The first kappa shape index (κ1) is 27.1. The minimum absolute atomic E-state index is 0.0156. The van der Waals surface area contributed by atoms with E-state index in [9.17, 15) is 24.0 Å². The van der Waals surface area contributed by atoms with Crippen LogP contribution < -0.4 is 16.0 Å². The molecule has 2 bridgehead atoms. The number of nitrogens with zero attached hydrogens (tertiary/aromatic N) is 2. The van der Waals surface area contributed by atoms with Gasteiger partial charge in [0.2, 0.25) is 17.7 Å². The van der Waals surface area contributed by atoms with Crippen molar-refractivity contribution in [2.75, 3.05) is 13.6 Å². The molecule has 2 unspecified atom stereocenters. The molecular formula is C28H37N5O6. The van der Waals surface area contributed by atoms with Crippen LogP contribution in [0.4, 0.5) is 0 Å². The number of fused-ring (bicyclic) bond motifs is 3. The number of amides is 4. The number of hydrogen-bond acceptors (Lipinski definition) is 7. The summed E-state index contributed by atoms with van der Waals surface area (Å²) >= 11 is 0. The highest BCUT2D eigenvalue weighted by Crippen LogP contribution is 2.32. The second-order valence-electron chi connectivity index (χ2n) is 11.0. The van der Waals surface area contributed by atoms with Crippen LogP contribution in [0, 0.1) is 0 Å². The van der Waals surface area contributed by atoms with Crippen LogP contribution in [0.25, 0.3) is 0 Å². The molecule has 4 amide bonds. The maximum absolute atomic E-state index is 13.6. The minimum Gasteiger partial charge on any atom is -0.459 e. The van der Waals surface area contributed by atoms with Gasteiger partial charge in [0.25, 0.3) is 5.91 Å². The summed E-state index contributed by atoms with van der Waals surface area (Å²) < 4.78 is 5.18. The lowest BCUT2D eigenvalue weighted by atomic mass is 9.98. The number of hydrogen-bond donors (Lipinski definition) is 3. The van der Waals surface area contributed by atoms with Crippen LogP contribution in [0.15, 0.2) is 24.3 Å². The van der Waals surface area contributed by atoms with E-state index < -0.39 is 24.2 Å². The average Bonchev–Trinajstić information content (AvgIpc) is 3.65. The molecule has 11 nitrogen and oxygen atoms in total. The predicted octanol–water partition coefficient (Wildman–Crippen LogP) is 0.469. The summed E-state index contributed by atoms with van der Waals surface area (Å²) in [6.07, 6.45) is 4.82. The van der Waals surface area contributed by atoms with E-state index in [1.54, 1.807) is 42.0 Å². The van der Waals surface area contributed by atoms with E-state index in [1.165, 1.54) is 0 Å². The first-order valence-corrected chi connectivity index (χ1v) is 13.9. The number of esters is 1. The van der Waals surface area contributed by atoms with Crippen LogP contribution in [0.3, 0.4) is 0 Å². The van der Waals surface area contributed by atoms with E-state index in [4.69, 9.17) is 4.74 Å². The summed E-state index contributed by atoms with van der Waals surface area (Å²) in [5.74, 6) is -1.24.